The summed E-state index contributed by atoms with van der Waals surface area (Å²) >= 11 is 1.73. The maximum absolute atomic E-state index is 11.9. The van der Waals surface area contributed by atoms with Crippen LogP contribution in [-0.4, -0.2) is 38.3 Å². The van der Waals surface area contributed by atoms with Gasteiger partial charge in [0.1, 0.15) is 0 Å². The number of hydrogen-bond donors (Lipinski definition) is 2. The summed E-state index contributed by atoms with van der Waals surface area (Å²) in [5.41, 5.74) is -0.0184. The third kappa shape index (κ3) is 4.30. The van der Waals surface area contributed by atoms with Gasteiger partial charge in [-0.15, -0.1) is 11.3 Å². The Labute approximate surface area is 118 Å². The topological polar surface area (TPSA) is 50.4 Å². The minimum atomic E-state index is -0.0184. The van der Waals surface area contributed by atoms with Crippen molar-refractivity contribution in [2.45, 2.75) is 31.8 Å². The quantitative estimate of drug-likeness (QED) is 0.861. The summed E-state index contributed by atoms with van der Waals surface area (Å²) in [7, 11) is 0. The second-order valence-electron chi connectivity index (χ2n) is 5.54. The van der Waals surface area contributed by atoms with E-state index in [0.717, 1.165) is 13.1 Å². The zero-order chi connectivity index (χ0) is 13.7. The molecule has 0 bridgehead atoms. The fraction of sp³-hybridized carbons (Fsp3) is 0.643. The normalized spacial score (nSPS) is 20.2. The Bertz CT molecular complexity index is 398. The molecule has 5 heteroatoms. The molecule has 1 aliphatic heterocycles. The highest BCUT2D eigenvalue weighted by Gasteiger charge is 2.23. The van der Waals surface area contributed by atoms with E-state index >= 15 is 0 Å². The van der Waals surface area contributed by atoms with Crippen molar-refractivity contribution >= 4 is 17.2 Å². The van der Waals surface area contributed by atoms with Crippen molar-refractivity contribution in [2.24, 2.45) is 0 Å². The SMILES string of the molecule is CC(C)(CNC(=O)CC1CNCCO1)c1cccs1. The van der Waals surface area contributed by atoms with Crippen LogP contribution in [0.2, 0.25) is 0 Å². The second-order valence-corrected chi connectivity index (χ2v) is 6.49. The van der Waals surface area contributed by atoms with E-state index < -0.39 is 0 Å². The molecule has 0 spiro atoms. The first-order valence-electron chi connectivity index (χ1n) is 6.71. The molecule has 0 aromatic carbocycles. The molecule has 0 radical (unpaired) electrons. The summed E-state index contributed by atoms with van der Waals surface area (Å²) in [6.07, 6.45) is 0.451. The van der Waals surface area contributed by atoms with Crippen molar-refractivity contribution < 1.29 is 9.53 Å². The molecule has 1 aromatic rings. The van der Waals surface area contributed by atoms with E-state index in [9.17, 15) is 4.79 Å². The molecule has 19 heavy (non-hydrogen) atoms. The zero-order valence-electron chi connectivity index (χ0n) is 11.6. The van der Waals surface area contributed by atoms with Gasteiger partial charge in [-0.2, -0.15) is 0 Å². The van der Waals surface area contributed by atoms with Crippen LogP contribution in [0.1, 0.15) is 25.1 Å². The van der Waals surface area contributed by atoms with Crippen LogP contribution in [0.5, 0.6) is 0 Å². The highest BCUT2D eigenvalue weighted by molar-refractivity contribution is 7.10. The van der Waals surface area contributed by atoms with Gasteiger partial charge < -0.3 is 15.4 Å². The van der Waals surface area contributed by atoms with Crippen LogP contribution in [0.15, 0.2) is 17.5 Å². The van der Waals surface area contributed by atoms with Crippen LogP contribution in [0.3, 0.4) is 0 Å². The molecule has 1 fully saturated rings. The van der Waals surface area contributed by atoms with Gasteiger partial charge in [0.05, 0.1) is 19.1 Å². The van der Waals surface area contributed by atoms with Gasteiger partial charge in [-0.05, 0) is 11.4 Å². The summed E-state index contributed by atoms with van der Waals surface area (Å²) in [6, 6.07) is 4.16. The van der Waals surface area contributed by atoms with Crippen molar-refractivity contribution in [1.29, 1.82) is 0 Å². The number of hydrogen-bond acceptors (Lipinski definition) is 4. The molecule has 106 valence electrons. The molecule has 1 aliphatic rings. The summed E-state index contributed by atoms with van der Waals surface area (Å²) in [5, 5.41) is 8.32. The molecule has 0 saturated carbocycles. The number of thiophene rings is 1. The molecule has 4 nitrogen and oxygen atoms in total. The number of ether oxygens (including phenoxy) is 1. The van der Waals surface area contributed by atoms with Crippen LogP contribution in [-0.2, 0) is 14.9 Å². The number of amides is 1. The standard InChI is InChI=1S/C14H22N2O2S/c1-14(2,12-4-3-7-19-12)10-16-13(17)8-11-9-15-5-6-18-11/h3-4,7,11,15H,5-6,8-10H2,1-2H3,(H,16,17). The third-order valence-electron chi connectivity index (χ3n) is 3.33. The fourth-order valence-corrected chi connectivity index (χ4v) is 2.95. The molecule has 2 N–H and O–H groups in total. The van der Waals surface area contributed by atoms with E-state index in [-0.39, 0.29) is 17.4 Å². The highest BCUT2D eigenvalue weighted by atomic mass is 32.1. The van der Waals surface area contributed by atoms with Gasteiger partial charge in [0.25, 0.3) is 0 Å². The fourth-order valence-electron chi connectivity index (χ4n) is 2.10. The largest absolute Gasteiger partial charge is 0.375 e. The number of carbonyl (C=O) groups is 1. The van der Waals surface area contributed by atoms with Gasteiger partial charge in [-0.25, -0.2) is 0 Å². The van der Waals surface area contributed by atoms with Gasteiger partial charge in [0.2, 0.25) is 5.91 Å². The van der Waals surface area contributed by atoms with Crippen LogP contribution in [0.25, 0.3) is 0 Å². The van der Waals surface area contributed by atoms with E-state index in [0.29, 0.717) is 19.6 Å². The van der Waals surface area contributed by atoms with Crippen molar-refractivity contribution in [3.63, 3.8) is 0 Å². The van der Waals surface area contributed by atoms with Crippen molar-refractivity contribution in [3.8, 4) is 0 Å². The molecule has 2 heterocycles. The van der Waals surface area contributed by atoms with Crippen LogP contribution >= 0.6 is 11.3 Å². The van der Waals surface area contributed by atoms with Gasteiger partial charge in [-0.3, -0.25) is 4.79 Å². The van der Waals surface area contributed by atoms with Crippen LogP contribution in [0, 0.1) is 0 Å². The number of morpholine rings is 1. The summed E-state index contributed by atoms with van der Waals surface area (Å²) in [5.74, 6) is 0.0679. The van der Waals surface area contributed by atoms with E-state index in [1.165, 1.54) is 4.88 Å². The minimum absolute atomic E-state index is 0.0126. The molecular weight excluding hydrogens is 260 g/mol. The average Bonchev–Trinajstić information content (AvgIpc) is 2.92. The summed E-state index contributed by atoms with van der Waals surface area (Å²) in [6.45, 7) is 7.30. The Hall–Kier alpha value is -0.910. The lowest BCUT2D eigenvalue weighted by atomic mass is 9.91. The van der Waals surface area contributed by atoms with E-state index in [1.807, 2.05) is 6.07 Å². The lowest BCUT2D eigenvalue weighted by Gasteiger charge is -2.26. The van der Waals surface area contributed by atoms with Gasteiger partial charge in [-0.1, -0.05) is 19.9 Å². The summed E-state index contributed by atoms with van der Waals surface area (Å²) in [4.78, 5) is 13.2. The molecule has 2 rings (SSSR count). The van der Waals surface area contributed by atoms with E-state index in [2.05, 4.69) is 35.9 Å². The van der Waals surface area contributed by atoms with E-state index in [4.69, 9.17) is 4.74 Å². The maximum Gasteiger partial charge on any atom is 0.222 e. The molecule has 1 amide bonds. The maximum atomic E-state index is 11.9. The minimum Gasteiger partial charge on any atom is -0.375 e. The van der Waals surface area contributed by atoms with Gasteiger partial charge in [0.15, 0.2) is 0 Å². The van der Waals surface area contributed by atoms with Gasteiger partial charge in [0, 0.05) is 29.9 Å². The predicted molar refractivity (Wildman–Crippen MR) is 77.6 cm³/mol. The Kier molecular flexibility index (Phi) is 4.96. The number of rotatable bonds is 5. The van der Waals surface area contributed by atoms with Crippen molar-refractivity contribution in [1.82, 2.24) is 10.6 Å². The Morgan fingerprint density at radius 1 is 1.63 bits per heavy atom. The molecule has 1 atom stereocenters. The lowest BCUT2D eigenvalue weighted by Crippen LogP contribution is -2.43. The van der Waals surface area contributed by atoms with Gasteiger partial charge >= 0.3 is 0 Å². The van der Waals surface area contributed by atoms with Crippen molar-refractivity contribution in [3.05, 3.63) is 22.4 Å². The first-order chi connectivity index (χ1) is 9.08. The number of nitrogens with one attached hydrogen (secondary N) is 2. The average molecular weight is 282 g/mol. The zero-order valence-corrected chi connectivity index (χ0v) is 12.4. The van der Waals surface area contributed by atoms with Crippen LogP contribution in [0.4, 0.5) is 0 Å². The first-order valence-corrected chi connectivity index (χ1v) is 7.59. The number of carbonyl (C=O) groups excluding carboxylic acids is 1. The predicted octanol–water partition coefficient (Wildman–Crippen LogP) is 1.52. The molecule has 1 saturated heterocycles. The Balaban J connectivity index is 1.76. The Morgan fingerprint density at radius 2 is 2.47 bits per heavy atom. The van der Waals surface area contributed by atoms with Crippen molar-refractivity contribution in [2.75, 3.05) is 26.2 Å². The third-order valence-corrected chi connectivity index (χ3v) is 4.57. The van der Waals surface area contributed by atoms with E-state index in [1.54, 1.807) is 11.3 Å². The Morgan fingerprint density at radius 3 is 3.11 bits per heavy atom. The van der Waals surface area contributed by atoms with Crippen LogP contribution < -0.4 is 10.6 Å². The second kappa shape index (κ2) is 6.50. The molecule has 0 aliphatic carbocycles. The highest BCUT2D eigenvalue weighted by Crippen LogP contribution is 2.26. The molecule has 1 aromatic heterocycles. The lowest BCUT2D eigenvalue weighted by molar-refractivity contribution is -0.124. The molecular formula is C14H22N2O2S. The summed E-state index contributed by atoms with van der Waals surface area (Å²) < 4.78 is 5.53. The smallest absolute Gasteiger partial charge is 0.222 e. The molecule has 1 unspecified atom stereocenters. The monoisotopic (exact) mass is 282 g/mol. The first kappa shape index (κ1) is 14.5.